The lowest BCUT2D eigenvalue weighted by Crippen LogP contribution is -2.22. The first-order chi connectivity index (χ1) is 11.2. The number of phenols is 1. The van der Waals surface area contributed by atoms with E-state index in [1.807, 2.05) is 36.4 Å². The van der Waals surface area contributed by atoms with Crippen molar-refractivity contribution in [2.24, 2.45) is 4.99 Å². The molecule has 0 aromatic heterocycles. The van der Waals surface area contributed by atoms with Gasteiger partial charge in [0, 0.05) is 24.3 Å². The molecule has 1 aliphatic carbocycles. The number of ketones is 1. The largest absolute Gasteiger partial charge is 0.508 e. The Morgan fingerprint density at radius 3 is 2.70 bits per heavy atom. The molecule has 0 bridgehead atoms. The quantitative estimate of drug-likeness (QED) is 0.839. The lowest BCUT2D eigenvalue weighted by Gasteiger charge is -2.26. The zero-order valence-corrected chi connectivity index (χ0v) is 12.5. The van der Waals surface area contributed by atoms with Crippen LogP contribution in [0.25, 0.3) is 0 Å². The molecule has 0 radical (unpaired) electrons. The van der Waals surface area contributed by atoms with Crippen molar-refractivity contribution in [2.45, 2.75) is 18.8 Å². The Bertz CT molecular complexity index is 852. The van der Waals surface area contributed by atoms with Crippen LogP contribution in [0.5, 0.6) is 5.75 Å². The minimum atomic E-state index is -0.0198. The molecule has 1 unspecified atom stereocenters. The van der Waals surface area contributed by atoms with Gasteiger partial charge in [0.25, 0.3) is 0 Å². The number of anilines is 1. The van der Waals surface area contributed by atoms with Crippen LogP contribution in [0.4, 0.5) is 11.4 Å². The molecule has 0 spiro atoms. The molecule has 1 heterocycles. The Balaban J connectivity index is 1.72. The number of carbonyl (C=O) groups is 1. The van der Waals surface area contributed by atoms with E-state index >= 15 is 0 Å². The van der Waals surface area contributed by atoms with E-state index in [2.05, 4.69) is 10.3 Å². The number of fused-ring (bicyclic) bond motifs is 1. The molecule has 114 valence electrons. The molecule has 2 aliphatic rings. The average molecular weight is 304 g/mol. The summed E-state index contributed by atoms with van der Waals surface area (Å²) in [5, 5.41) is 13.4. The second kappa shape index (κ2) is 5.39. The van der Waals surface area contributed by atoms with E-state index in [9.17, 15) is 9.90 Å². The molecule has 4 heteroatoms. The summed E-state index contributed by atoms with van der Waals surface area (Å²) in [6.45, 7) is 0. The Kier molecular flexibility index (Phi) is 3.23. The third kappa shape index (κ3) is 2.42. The Morgan fingerprint density at radius 2 is 1.83 bits per heavy atom. The highest BCUT2D eigenvalue weighted by atomic mass is 16.3. The van der Waals surface area contributed by atoms with Crippen molar-refractivity contribution < 1.29 is 9.90 Å². The number of carbonyl (C=O) groups excluding carboxylic acids is 1. The summed E-state index contributed by atoms with van der Waals surface area (Å²) < 4.78 is 0. The zero-order valence-electron chi connectivity index (χ0n) is 12.5. The Hall–Kier alpha value is -2.88. The number of hydrogen-bond donors (Lipinski definition) is 2. The van der Waals surface area contributed by atoms with Gasteiger partial charge in [-0.05, 0) is 30.2 Å². The highest BCUT2D eigenvalue weighted by molar-refractivity contribution is 6.16. The summed E-state index contributed by atoms with van der Waals surface area (Å²) in [6.07, 6.45) is 2.73. The van der Waals surface area contributed by atoms with Gasteiger partial charge in [0.15, 0.2) is 5.78 Å². The first-order valence-corrected chi connectivity index (χ1v) is 7.67. The van der Waals surface area contributed by atoms with Crippen molar-refractivity contribution in [2.75, 3.05) is 5.32 Å². The molecule has 0 saturated heterocycles. The number of aliphatic imine (C=N–C) groups is 1. The predicted octanol–water partition coefficient (Wildman–Crippen LogP) is 3.92. The number of para-hydroxylation sites is 3. The second-order valence-corrected chi connectivity index (χ2v) is 5.88. The van der Waals surface area contributed by atoms with E-state index < -0.39 is 0 Å². The van der Waals surface area contributed by atoms with Crippen molar-refractivity contribution in [1.82, 2.24) is 0 Å². The highest BCUT2D eigenvalue weighted by Crippen LogP contribution is 2.40. The minimum absolute atomic E-state index is 0.0198. The Labute approximate surface area is 134 Å². The molecule has 2 aromatic rings. The van der Waals surface area contributed by atoms with Gasteiger partial charge in [-0.1, -0.05) is 30.3 Å². The highest BCUT2D eigenvalue weighted by Gasteiger charge is 2.30. The number of phenolic OH excluding ortho intramolecular Hbond substituents is 1. The van der Waals surface area contributed by atoms with Gasteiger partial charge in [-0.2, -0.15) is 0 Å². The zero-order chi connectivity index (χ0) is 15.8. The number of aromatic hydroxyl groups is 1. The summed E-state index contributed by atoms with van der Waals surface area (Å²) in [5.74, 6) is 0.286. The van der Waals surface area contributed by atoms with Gasteiger partial charge in [0.05, 0.1) is 16.9 Å². The summed E-state index contributed by atoms with van der Waals surface area (Å²) in [6, 6.07) is 15.0. The van der Waals surface area contributed by atoms with Crippen LogP contribution in [0.3, 0.4) is 0 Å². The molecule has 1 aliphatic heterocycles. The van der Waals surface area contributed by atoms with Crippen LogP contribution >= 0.6 is 0 Å². The van der Waals surface area contributed by atoms with Gasteiger partial charge in [-0.3, -0.25) is 9.79 Å². The van der Waals surface area contributed by atoms with Gasteiger partial charge in [0.2, 0.25) is 0 Å². The fraction of sp³-hybridized carbons (Fsp3) is 0.158. The average Bonchev–Trinajstić information content (AvgIpc) is 2.74. The topological polar surface area (TPSA) is 61.7 Å². The summed E-state index contributed by atoms with van der Waals surface area (Å²) >= 11 is 0. The van der Waals surface area contributed by atoms with E-state index in [1.54, 1.807) is 18.3 Å². The fourth-order valence-electron chi connectivity index (χ4n) is 3.24. The van der Waals surface area contributed by atoms with Crippen molar-refractivity contribution >= 4 is 23.4 Å². The lowest BCUT2D eigenvalue weighted by molar-refractivity contribution is -0.115. The van der Waals surface area contributed by atoms with Gasteiger partial charge < -0.3 is 10.4 Å². The van der Waals surface area contributed by atoms with Crippen molar-refractivity contribution in [3.05, 3.63) is 65.4 Å². The van der Waals surface area contributed by atoms with E-state index in [4.69, 9.17) is 0 Å². The van der Waals surface area contributed by atoms with Crippen LogP contribution in [-0.4, -0.2) is 17.1 Å². The van der Waals surface area contributed by atoms with Crippen molar-refractivity contribution in [3.63, 3.8) is 0 Å². The van der Waals surface area contributed by atoms with Crippen LogP contribution in [0.15, 0.2) is 64.8 Å². The molecule has 2 aromatic carbocycles. The fourth-order valence-corrected chi connectivity index (χ4v) is 3.24. The molecular weight excluding hydrogens is 288 g/mol. The third-order valence-corrected chi connectivity index (χ3v) is 4.41. The van der Waals surface area contributed by atoms with E-state index in [0.717, 1.165) is 22.6 Å². The predicted molar refractivity (Wildman–Crippen MR) is 90.3 cm³/mol. The first-order valence-electron chi connectivity index (χ1n) is 7.67. The van der Waals surface area contributed by atoms with Crippen LogP contribution in [0, 0.1) is 0 Å². The lowest BCUT2D eigenvalue weighted by atomic mass is 9.81. The number of allylic oxidation sites excluding steroid dienone is 2. The molecule has 0 saturated carbocycles. The SMILES string of the molecule is O=C1CC(c2ccccc2O)CC2=C1C=Nc1ccccc1N2. The molecule has 23 heavy (non-hydrogen) atoms. The molecule has 0 fully saturated rings. The minimum Gasteiger partial charge on any atom is -0.508 e. The Morgan fingerprint density at radius 1 is 1.04 bits per heavy atom. The summed E-state index contributed by atoms with van der Waals surface area (Å²) in [5.41, 5.74) is 4.08. The van der Waals surface area contributed by atoms with Crippen LogP contribution < -0.4 is 5.32 Å². The summed E-state index contributed by atoms with van der Waals surface area (Å²) in [7, 11) is 0. The molecule has 2 N–H and O–H groups in total. The van der Waals surface area contributed by atoms with Gasteiger partial charge in [-0.25, -0.2) is 0 Å². The molecule has 1 atom stereocenters. The van der Waals surface area contributed by atoms with E-state index in [-0.39, 0.29) is 17.5 Å². The number of nitrogens with zero attached hydrogens (tertiary/aromatic N) is 1. The van der Waals surface area contributed by atoms with Gasteiger partial charge >= 0.3 is 0 Å². The maximum Gasteiger partial charge on any atom is 0.166 e. The normalized spacial score (nSPS) is 19.7. The number of rotatable bonds is 1. The maximum absolute atomic E-state index is 12.6. The van der Waals surface area contributed by atoms with Crippen LogP contribution in [0.2, 0.25) is 0 Å². The molecule has 0 amide bonds. The monoisotopic (exact) mass is 304 g/mol. The number of benzene rings is 2. The summed E-state index contributed by atoms with van der Waals surface area (Å²) in [4.78, 5) is 17.0. The van der Waals surface area contributed by atoms with Crippen molar-refractivity contribution in [1.29, 1.82) is 0 Å². The third-order valence-electron chi connectivity index (χ3n) is 4.41. The maximum atomic E-state index is 12.6. The van der Waals surface area contributed by atoms with Gasteiger partial charge in [0.1, 0.15) is 5.75 Å². The van der Waals surface area contributed by atoms with Crippen LogP contribution in [-0.2, 0) is 4.79 Å². The van der Waals surface area contributed by atoms with Gasteiger partial charge in [-0.15, -0.1) is 0 Å². The number of hydrogen-bond acceptors (Lipinski definition) is 4. The van der Waals surface area contributed by atoms with Crippen LogP contribution in [0.1, 0.15) is 24.3 Å². The van der Waals surface area contributed by atoms with Crippen molar-refractivity contribution in [3.8, 4) is 5.75 Å². The number of Topliss-reactive ketones (excluding diaryl/α,β-unsaturated/α-hetero) is 1. The standard InChI is InChI=1S/C19H16N2O2/c22-18-8-4-1-5-13(18)12-9-17-14(19(23)10-12)11-20-15-6-2-3-7-16(15)21-17/h1-8,11-12,21-22H,9-10H2. The van der Waals surface area contributed by atoms with E-state index in [0.29, 0.717) is 18.4 Å². The first kappa shape index (κ1) is 13.8. The number of nitrogens with one attached hydrogen (secondary N) is 1. The van der Waals surface area contributed by atoms with E-state index in [1.165, 1.54) is 0 Å². The smallest absolute Gasteiger partial charge is 0.166 e. The molecular formula is C19H16N2O2. The molecule has 4 nitrogen and oxygen atoms in total. The second-order valence-electron chi connectivity index (χ2n) is 5.88. The molecule has 4 rings (SSSR count).